The lowest BCUT2D eigenvalue weighted by Crippen LogP contribution is -2.31. The Labute approximate surface area is 87.7 Å². The van der Waals surface area contributed by atoms with Crippen molar-refractivity contribution in [3.8, 4) is 0 Å². The Kier molecular flexibility index (Phi) is 3.01. The highest BCUT2D eigenvalue weighted by Gasteiger charge is 2.25. The van der Waals surface area contributed by atoms with Crippen LogP contribution in [0.2, 0.25) is 0 Å². The molecule has 1 aliphatic rings. The number of carboxylic acids is 1. The third kappa shape index (κ3) is 3.36. The number of hydrogen-bond donors (Lipinski definition) is 1. The van der Waals surface area contributed by atoms with Crippen LogP contribution >= 0.6 is 0 Å². The fourth-order valence-electron chi connectivity index (χ4n) is 1.59. The molecule has 0 spiro atoms. The van der Waals surface area contributed by atoms with Crippen LogP contribution in [0.15, 0.2) is 16.8 Å². The molecule has 0 saturated heterocycles. The van der Waals surface area contributed by atoms with E-state index >= 15 is 0 Å². The molecule has 1 aromatic heterocycles. The van der Waals surface area contributed by atoms with Crippen molar-refractivity contribution in [2.45, 2.75) is 19.4 Å². The average Bonchev–Trinajstić information content (AvgIpc) is 2.80. The molecule has 1 aliphatic carbocycles. The minimum Gasteiger partial charge on any atom is -0.480 e. The summed E-state index contributed by atoms with van der Waals surface area (Å²) in [5.41, 5.74) is 0. The summed E-state index contributed by atoms with van der Waals surface area (Å²) in [6, 6.07) is 1.77. The average molecular weight is 210 g/mol. The maximum absolute atomic E-state index is 10.7. The molecule has 5 nitrogen and oxygen atoms in total. The highest BCUT2D eigenvalue weighted by Crippen LogP contribution is 2.30. The summed E-state index contributed by atoms with van der Waals surface area (Å²) in [5.74, 6) is 0.597. The van der Waals surface area contributed by atoms with E-state index in [4.69, 9.17) is 9.63 Å². The second kappa shape index (κ2) is 4.44. The van der Waals surface area contributed by atoms with Crippen LogP contribution in [-0.2, 0) is 11.3 Å². The van der Waals surface area contributed by atoms with Crippen molar-refractivity contribution < 1.29 is 14.4 Å². The van der Waals surface area contributed by atoms with E-state index in [0.717, 1.165) is 12.3 Å². The van der Waals surface area contributed by atoms with Gasteiger partial charge in [-0.1, -0.05) is 5.16 Å². The summed E-state index contributed by atoms with van der Waals surface area (Å²) in [5, 5.41) is 12.4. The number of aromatic nitrogens is 1. The summed E-state index contributed by atoms with van der Waals surface area (Å²) in [7, 11) is 0. The molecule has 15 heavy (non-hydrogen) atoms. The van der Waals surface area contributed by atoms with Gasteiger partial charge in [0.25, 0.3) is 0 Å². The number of carbonyl (C=O) groups is 1. The second-order valence-corrected chi connectivity index (χ2v) is 3.99. The fraction of sp³-hybridized carbons (Fsp3) is 0.600. The Morgan fingerprint density at radius 2 is 2.47 bits per heavy atom. The van der Waals surface area contributed by atoms with Crippen molar-refractivity contribution in [2.75, 3.05) is 13.1 Å². The molecule has 1 saturated carbocycles. The Balaban J connectivity index is 1.88. The van der Waals surface area contributed by atoms with Gasteiger partial charge in [-0.05, 0) is 18.8 Å². The van der Waals surface area contributed by atoms with E-state index in [1.807, 2.05) is 4.90 Å². The van der Waals surface area contributed by atoms with E-state index in [2.05, 4.69) is 5.16 Å². The molecule has 0 radical (unpaired) electrons. The molecule has 0 unspecified atom stereocenters. The predicted molar refractivity (Wildman–Crippen MR) is 52.1 cm³/mol. The Hall–Kier alpha value is -1.36. The van der Waals surface area contributed by atoms with E-state index in [1.165, 1.54) is 12.8 Å². The number of aliphatic carboxylic acids is 1. The summed E-state index contributed by atoms with van der Waals surface area (Å²) < 4.78 is 4.96. The van der Waals surface area contributed by atoms with Crippen LogP contribution in [0.25, 0.3) is 0 Å². The third-order valence-corrected chi connectivity index (χ3v) is 2.44. The quantitative estimate of drug-likeness (QED) is 0.757. The first-order chi connectivity index (χ1) is 7.24. The summed E-state index contributed by atoms with van der Waals surface area (Å²) in [4.78, 5) is 12.5. The van der Waals surface area contributed by atoms with E-state index in [1.54, 1.807) is 12.3 Å². The van der Waals surface area contributed by atoms with Gasteiger partial charge in [0.15, 0.2) is 5.76 Å². The fourth-order valence-corrected chi connectivity index (χ4v) is 1.59. The van der Waals surface area contributed by atoms with Gasteiger partial charge in [-0.25, -0.2) is 0 Å². The van der Waals surface area contributed by atoms with E-state index in [-0.39, 0.29) is 6.54 Å². The van der Waals surface area contributed by atoms with Crippen LogP contribution in [-0.4, -0.2) is 34.2 Å². The first-order valence-corrected chi connectivity index (χ1v) is 5.08. The molecule has 0 amide bonds. The summed E-state index contributed by atoms with van der Waals surface area (Å²) >= 11 is 0. The van der Waals surface area contributed by atoms with Gasteiger partial charge in [0.1, 0.15) is 0 Å². The lowest BCUT2D eigenvalue weighted by atomic mass is 10.3. The zero-order chi connectivity index (χ0) is 10.7. The van der Waals surface area contributed by atoms with Gasteiger partial charge in [-0.15, -0.1) is 0 Å². The first-order valence-electron chi connectivity index (χ1n) is 5.08. The number of rotatable bonds is 6. The summed E-state index contributed by atoms with van der Waals surface area (Å²) in [6.07, 6.45) is 4.00. The van der Waals surface area contributed by atoms with Gasteiger partial charge in [-0.2, -0.15) is 0 Å². The third-order valence-electron chi connectivity index (χ3n) is 2.44. The van der Waals surface area contributed by atoms with Crippen LogP contribution in [0.4, 0.5) is 0 Å². The lowest BCUT2D eigenvalue weighted by molar-refractivity contribution is -0.138. The highest BCUT2D eigenvalue weighted by atomic mass is 16.5. The Morgan fingerprint density at radius 1 is 1.67 bits per heavy atom. The van der Waals surface area contributed by atoms with Crippen molar-refractivity contribution in [3.05, 3.63) is 18.0 Å². The molecule has 0 bridgehead atoms. The van der Waals surface area contributed by atoms with Gasteiger partial charge in [-0.3, -0.25) is 9.69 Å². The molecular formula is C10H14N2O3. The van der Waals surface area contributed by atoms with Gasteiger partial charge >= 0.3 is 5.97 Å². The second-order valence-electron chi connectivity index (χ2n) is 3.99. The van der Waals surface area contributed by atoms with Crippen molar-refractivity contribution in [1.29, 1.82) is 0 Å². The SMILES string of the molecule is O=C(O)CN(Cc1ccno1)CC1CC1. The smallest absolute Gasteiger partial charge is 0.317 e. The van der Waals surface area contributed by atoms with Crippen molar-refractivity contribution in [3.63, 3.8) is 0 Å². The van der Waals surface area contributed by atoms with Gasteiger partial charge in [0.2, 0.25) is 0 Å². The number of nitrogens with zero attached hydrogens (tertiary/aromatic N) is 2. The van der Waals surface area contributed by atoms with E-state index in [9.17, 15) is 4.79 Å². The molecule has 0 aromatic carbocycles. The van der Waals surface area contributed by atoms with Crippen LogP contribution in [0.3, 0.4) is 0 Å². The van der Waals surface area contributed by atoms with Gasteiger partial charge in [0.05, 0.1) is 19.3 Å². The minimum absolute atomic E-state index is 0.0667. The van der Waals surface area contributed by atoms with Crippen molar-refractivity contribution in [2.24, 2.45) is 5.92 Å². The van der Waals surface area contributed by atoms with Gasteiger partial charge in [0, 0.05) is 12.6 Å². The summed E-state index contributed by atoms with van der Waals surface area (Å²) in [6.45, 7) is 1.44. The standard InChI is InChI=1S/C10H14N2O3/c13-10(14)7-12(5-8-1-2-8)6-9-3-4-11-15-9/h3-4,8H,1-2,5-7H2,(H,13,14). The van der Waals surface area contributed by atoms with Crippen molar-refractivity contribution >= 4 is 5.97 Å². The monoisotopic (exact) mass is 210 g/mol. The molecule has 1 aromatic rings. The molecule has 0 aliphatic heterocycles. The van der Waals surface area contributed by atoms with Crippen LogP contribution in [0.5, 0.6) is 0 Å². The molecular weight excluding hydrogens is 196 g/mol. The first kappa shape index (κ1) is 10.2. The highest BCUT2D eigenvalue weighted by molar-refractivity contribution is 5.69. The number of carboxylic acid groups (broad SMARTS) is 1. The molecule has 1 N–H and O–H groups in total. The largest absolute Gasteiger partial charge is 0.480 e. The van der Waals surface area contributed by atoms with Crippen molar-refractivity contribution in [1.82, 2.24) is 10.1 Å². The molecule has 5 heteroatoms. The molecule has 1 heterocycles. The Morgan fingerprint density at radius 3 is 3.00 bits per heavy atom. The maximum atomic E-state index is 10.7. The van der Waals surface area contributed by atoms with Crippen LogP contribution in [0.1, 0.15) is 18.6 Å². The van der Waals surface area contributed by atoms with Crippen LogP contribution in [0, 0.1) is 5.92 Å². The normalized spacial score (nSPS) is 15.8. The topological polar surface area (TPSA) is 66.6 Å². The maximum Gasteiger partial charge on any atom is 0.317 e. The Bertz CT molecular complexity index is 319. The lowest BCUT2D eigenvalue weighted by Gasteiger charge is -2.17. The molecule has 82 valence electrons. The zero-order valence-electron chi connectivity index (χ0n) is 8.43. The van der Waals surface area contributed by atoms with E-state index < -0.39 is 5.97 Å². The van der Waals surface area contributed by atoms with Gasteiger partial charge < -0.3 is 9.63 Å². The molecule has 0 atom stereocenters. The predicted octanol–water partition coefficient (Wildman–Crippen LogP) is 0.971. The van der Waals surface area contributed by atoms with E-state index in [0.29, 0.717) is 12.5 Å². The van der Waals surface area contributed by atoms with Crippen LogP contribution < -0.4 is 0 Å². The number of hydrogen-bond acceptors (Lipinski definition) is 4. The molecule has 1 fully saturated rings. The zero-order valence-corrected chi connectivity index (χ0v) is 8.43. The minimum atomic E-state index is -0.796. The molecule has 2 rings (SSSR count).